The third kappa shape index (κ3) is 3.11. The maximum Gasteiger partial charge on any atom is 0.252 e. The van der Waals surface area contributed by atoms with Crippen LogP contribution in [0.15, 0.2) is 65.6 Å². The fourth-order valence-electron chi connectivity index (χ4n) is 3.17. The van der Waals surface area contributed by atoms with Gasteiger partial charge in [0, 0.05) is 17.7 Å². The van der Waals surface area contributed by atoms with Gasteiger partial charge in [-0.3, -0.25) is 4.79 Å². The van der Waals surface area contributed by atoms with Gasteiger partial charge in [-0.25, -0.2) is 0 Å². The molecule has 0 unspecified atom stereocenters. The zero-order valence-corrected chi connectivity index (χ0v) is 13.8. The molecule has 0 atom stereocenters. The van der Waals surface area contributed by atoms with Gasteiger partial charge in [-0.1, -0.05) is 59.7 Å². The molecule has 3 aromatic rings. The average molecular weight is 303 g/mol. The molecule has 0 aliphatic rings. The second-order valence-corrected chi connectivity index (χ2v) is 6.16. The highest BCUT2D eigenvalue weighted by molar-refractivity contribution is 5.46. The first-order valence-electron chi connectivity index (χ1n) is 7.87. The molecule has 116 valence electrons. The standard InChI is InChI=1S/C21H21NO/c1-14-6-4-8-17(12-14)20(18-9-5-7-15(2)13-18)19-16(3)10-11-22-21(19)23/h4-13,20H,1-3H3,(H,22,23). The summed E-state index contributed by atoms with van der Waals surface area (Å²) in [6.07, 6.45) is 1.71. The number of hydrogen-bond donors (Lipinski definition) is 1. The third-order valence-electron chi connectivity index (χ3n) is 4.26. The Labute approximate surface area is 136 Å². The summed E-state index contributed by atoms with van der Waals surface area (Å²) in [5.41, 5.74) is 6.52. The van der Waals surface area contributed by atoms with E-state index in [1.165, 1.54) is 11.1 Å². The number of benzene rings is 2. The second kappa shape index (κ2) is 6.25. The summed E-state index contributed by atoms with van der Waals surface area (Å²) in [6, 6.07) is 18.8. The number of aryl methyl sites for hydroxylation is 3. The van der Waals surface area contributed by atoms with Crippen LogP contribution < -0.4 is 5.56 Å². The molecule has 0 bridgehead atoms. The molecule has 0 aliphatic heterocycles. The molecule has 1 N–H and O–H groups in total. The van der Waals surface area contributed by atoms with Crippen molar-refractivity contribution >= 4 is 0 Å². The summed E-state index contributed by atoms with van der Waals surface area (Å²) >= 11 is 0. The molecule has 0 fully saturated rings. The summed E-state index contributed by atoms with van der Waals surface area (Å²) in [5, 5.41) is 0. The first kappa shape index (κ1) is 15.3. The minimum atomic E-state index is -0.0558. The van der Waals surface area contributed by atoms with Crippen molar-refractivity contribution in [2.75, 3.05) is 0 Å². The number of nitrogens with one attached hydrogen (secondary N) is 1. The van der Waals surface area contributed by atoms with Crippen LogP contribution in [-0.4, -0.2) is 4.98 Å². The predicted molar refractivity (Wildman–Crippen MR) is 95.1 cm³/mol. The van der Waals surface area contributed by atoms with E-state index in [4.69, 9.17) is 0 Å². The fraction of sp³-hybridized carbons (Fsp3) is 0.190. The normalized spacial score (nSPS) is 11.0. The Hall–Kier alpha value is -2.61. The van der Waals surface area contributed by atoms with E-state index >= 15 is 0 Å². The van der Waals surface area contributed by atoms with E-state index in [1.54, 1.807) is 6.20 Å². The minimum Gasteiger partial charge on any atom is -0.329 e. The molecule has 1 aromatic heterocycles. The summed E-state index contributed by atoms with van der Waals surface area (Å²) in [4.78, 5) is 15.4. The third-order valence-corrected chi connectivity index (χ3v) is 4.26. The molecule has 23 heavy (non-hydrogen) atoms. The summed E-state index contributed by atoms with van der Waals surface area (Å²) in [6.45, 7) is 6.17. The highest BCUT2D eigenvalue weighted by atomic mass is 16.1. The topological polar surface area (TPSA) is 32.9 Å². The van der Waals surface area contributed by atoms with Gasteiger partial charge < -0.3 is 4.98 Å². The van der Waals surface area contributed by atoms with Crippen LogP contribution in [-0.2, 0) is 0 Å². The Bertz CT molecular complexity index is 847. The molecule has 3 rings (SSSR count). The quantitative estimate of drug-likeness (QED) is 0.760. The highest BCUT2D eigenvalue weighted by Crippen LogP contribution is 2.32. The lowest BCUT2D eigenvalue weighted by Crippen LogP contribution is -2.19. The molecular formula is C21H21NO. The van der Waals surface area contributed by atoms with Gasteiger partial charge in [-0.2, -0.15) is 0 Å². The Morgan fingerprint density at radius 2 is 1.39 bits per heavy atom. The molecule has 0 spiro atoms. The van der Waals surface area contributed by atoms with Crippen molar-refractivity contribution < 1.29 is 0 Å². The first-order chi connectivity index (χ1) is 11.1. The van der Waals surface area contributed by atoms with Crippen LogP contribution in [0.3, 0.4) is 0 Å². The molecule has 0 saturated heterocycles. The summed E-state index contributed by atoms with van der Waals surface area (Å²) in [5.74, 6) is -0.0558. The molecule has 2 aromatic carbocycles. The van der Waals surface area contributed by atoms with E-state index in [1.807, 2.05) is 13.0 Å². The lowest BCUT2D eigenvalue weighted by Gasteiger charge is -2.20. The van der Waals surface area contributed by atoms with Crippen molar-refractivity contribution in [1.29, 1.82) is 0 Å². The summed E-state index contributed by atoms with van der Waals surface area (Å²) < 4.78 is 0. The van der Waals surface area contributed by atoms with Crippen molar-refractivity contribution in [2.45, 2.75) is 26.7 Å². The van der Waals surface area contributed by atoms with Gasteiger partial charge in [0.15, 0.2) is 0 Å². The van der Waals surface area contributed by atoms with Crippen molar-refractivity contribution in [2.24, 2.45) is 0 Å². The first-order valence-corrected chi connectivity index (χ1v) is 7.87. The Balaban J connectivity index is 2.28. The van der Waals surface area contributed by atoms with Gasteiger partial charge in [0.05, 0.1) is 0 Å². The van der Waals surface area contributed by atoms with Crippen molar-refractivity contribution in [1.82, 2.24) is 4.98 Å². The smallest absolute Gasteiger partial charge is 0.252 e. The molecule has 2 heteroatoms. The number of aromatic amines is 1. The van der Waals surface area contributed by atoms with E-state index in [9.17, 15) is 4.79 Å². The van der Waals surface area contributed by atoms with Gasteiger partial charge in [0.1, 0.15) is 0 Å². The maximum absolute atomic E-state index is 12.5. The van der Waals surface area contributed by atoms with E-state index in [-0.39, 0.29) is 11.5 Å². The highest BCUT2D eigenvalue weighted by Gasteiger charge is 2.21. The molecular weight excluding hydrogens is 282 g/mol. The van der Waals surface area contributed by atoms with Crippen LogP contribution >= 0.6 is 0 Å². The van der Waals surface area contributed by atoms with Crippen LogP contribution in [0.5, 0.6) is 0 Å². The maximum atomic E-state index is 12.5. The summed E-state index contributed by atoms with van der Waals surface area (Å²) in [7, 11) is 0. The van der Waals surface area contributed by atoms with Gasteiger partial charge in [0.2, 0.25) is 0 Å². The SMILES string of the molecule is Cc1cccc(C(c2cccc(C)c2)c2c(C)cc[nH]c2=O)c1. The lowest BCUT2D eigenvalue weighted by atomic mass is 9.83. The lowest BCUT2D eigenvalue weighted by molar-refractivity contribution is 0.922. The van der Waals surface area contributed by atoms with Crippen LogP contribution in [0.25, 0.3) is 0 Å². The van der Waals surface area contributed by atoms with E-state index in [0.29, 0.717) is 0 Å². The molecule has 2 nitrogen and oxygen atoms in total. The number of aromatic nitrogens is 1. The number of pyridine rings is 1. The number of rotatable bonds is 3. The Kier molecular flexibility index (Phi) is 4.16. The largest absolute Gasteiger partial charge is 0.329 e. The zero-order valence-electron chi connectivity index (χ0n) is 13.8. The Morgan fingerprint density at radius 1 is 0.826 bits per heavy atom. The zero-order chi connectivity index (χ0) is 16.4. The van der Waals surface area contributed by atoms with Gasteiger partial charge in [-0.05, 0) is 43.5 Å². The van der Waals surface area contributed by atoms with Crippen molar-refractivity contribution in [3.05, 3.63) is 105 Å². The van der Waals surface area contributed by atoms with Crippen LogP contribution in [0.2, 0.25) is 0 Å². The molecule has 1 heterocycles. The monoisotopic (exact) mass is 303 g/mol. The van der Waals surface area contributed by atoms with E-state index in [2.05, 4.69) is 67.4 Å². The van der Waals surface area contributed by atoms with Gasteiger partial charge >= 0.3 is 0 Å². The molecule has 0 aliphatic carbocycles. The Morgan fingerprint density at radius 3 is 1.87 bits per heavy atom. The van der Waals surface area contributed by atoms with Crippen LogP contribution in [0.4, 0.5) is 0 Å². The molecule has 0 saturated carbocycles. The molecule has 0 amide bonds. The second-order valence-electron chi connectivity index (χ2n) is 6.16. The van der Waals surface area contributed by atoms with E-state index < -0.39 is 0 Å². The molecule has 0 radical (unpaired) electrons. The van der Waals surface area contributed by atoms with Gasteiger partial charge in [0.25, 0.3) is 5.56 Å². The van der Waals surface area contributed by atoms with Crippen molar-refractivity contribution in [3.63, 3.8) is 0 Å². The average Bonchev–Trinajstić information content (AvgIpc) is 2.51. The van der Waals surface area contributed by atoms with Gasteiger partial charge in [-0.15, -0.1) is 0 Å². The number of H-pyrrole nitrogens is 1. The van der Waals surface area contributed by atoms with Crippen LogP contribution in [0, 0.1) is 20.8 Å². The van der Waals surface area contributed by atoms with Crippen LogP contribution in [0.1, 0.15) is 39.3 Å². The predicted octanol–water partition coefficient (Wildman–Crippen LogP) is 4.48. The minimum absolute atomic E-state index is 0.0157. The van der Waals surface area contributed by atoms with Crippen molar-refractivity contribution in [3.8, 4) is 0 Å². The number of hydrogen-bond acceptors (Lipinski definition) is 1. The van der Waals surface area contributed by atoms with E-state index in [0.717, 1.165) is 22.3 Å². The fourth-order valence-corrected chi connectivity index (χ4v) is 3.17.